The van der Waals surface area contributed by atoms with Gasteiger partial charge >= 0.3 is 0 Å². The Morgan fingerprint density at radius 3 is 2.71 bits per heavy atom. The van der Waals surface area contributed by atoms with Gasteiger partial charge in [0.05, 0.1) is 12.3 Å². The molecule has 0 radical (unpaired) electrons. The van der Waals surface area contributed by atoms with Crippen molar-refractivity contribution in [3.05, 3.63) is 29.8 Å². The van der Waals surface area contributed by atoms with Crippen LogP contribution in [0.15, 0.2) is 29.3 Å². The number of guanidine groups is 1. The van der Waals surface area contributed by atoms with E-state index in [4.69, 9.17) is 4.74 Å². The Labute approximate surface area is 145 Å². The molecule has 136 valence electrons. The van der Waals surface area contributed by atoms with E-state index in [2.05, 4.69) is 15.6 Å². The number of hydrogen-bond donors (Lipinski definition) is 2. The summed E-state index contributed by atoms with van der Waals surface area (Å²) in [4.78, 5) is 4.49. The number of hydrogen-bond acceptors (Lipinski definition) is 4. The maximum atomic E-state index is 11.1. The molecule has 0 heterocycles. The molecule has 1 unspecified atom stereocenters. The minimum absolute atomic E-state index is 0.0572. The first-order valence-corrected chi connectivity index (χ1v) is 10.3. The van der Waals surface area contributed by atoms with Crippen LogP contribution in [0.4, 0.5) is 0 Å². The lowest BCUT2D eigenvalue weighted by Gasteiger charge is -2.15. The summed E-state index contributed by atoms with van der Waals surface area (Å²) < 4.78 is 28.1. The van der Waals surface area contributed by atoms with Crippen molar-refractivity contribution in [3.8, 4) is 5.75 Å². The second-order valence-electron chi connectivity index (χ2n) is 5.87. The van der Waals surface area contributed by atoms with Gasteiger partial charge in [0.1, 0.15) is 21.7 Å². The molecule has 0 fully saturated rings. The molecule has 0 spiro atoms. The van der Waals surface area contributed by atoms with Gasteiger partial charge in [-0.2, -0.15) is 0 Å². The summed E-state index contributed by atoms with van der Waals surface area (Å²) in [5.74, 6) is 1.68. The molecule has 0 aliphatic carbocycles. The van der Waals surface area contributed by atoms with Crippen LogP contribution >= 0.6 is 0 Å². The molecule has 1 aromatic rings. The van der Waals surface area contributed by atoms with Crippen molar-refractivity contribution in [1.29, 1.82) is 0 Å². The molecule has 0 saturated heterocycles. The monoisotopic (exact) mass is 355 g/mol. The number of nitrogens with one attached hydrogen (secondary N) is 2. The fourth-order valence-corrected chi connectivity index (χ4v) is 2.73. The Balaban J connectivity index is 2.46. The summed E-state index contributed by atoms with van der Waals surface area (Å²) in [6.45, 7) is 7.80. The molecule has 0 saturated carbocycles. The summed E-state index contributed by atoms with van der Waals surface area (Å²) in [6.07, 6.45) is 1.74. The summed E-state index contributed by atoms with van der Waals surface area (Å²) in [5, 5.41) is 6.28. The zero-order valence-corrected chi connectivity index (χ0v) is 15.8. The van der Waals surface area contributed by atoms with Crippen molar-refractivity contribution < 1.29 is 13.2 Å². The maximum Gasteiger partial charge on any atom is 0.191 e. The van der Waals surface area contributed by atoms with Crippen LogP contribution < -0.4 is 15.4 Å². The van der Waals surface area contributed by atoms with E-state index in [9.17, 15) is 8.42 Å². The predicted molar refractivity (Wildman–Crippen MR) is 99.6 cm³/mol. The van der Waals surface area contributed by atoms with Gasteiger partial charge in [0, 0.05) is 19.3 Å². The number of rotatable bonds is 9. The van der Waals surface area contributed by atoms with Crippen molar-refractivity contribution in [1.82, 2.24) is 10.6 Å². The first-order valence-electron chi connectivity index (χ1n) is 8.23. The molecule has 7 heteroatoms. The topological polar surface area (TPSA) is 79.8 Å². The summed E-state index contributed by atoms with van der Waals surface area (Å²) in [7, 11) is -2.92. The smallest absolute Gasteiger partial charge is 0.191 e. The van der Waals surface area contributed by atoms with Gasteiger partial charge in [0.2, 0.25) is 0 Å². The number of benzene rings is 1. The minimum Gasteiger partial charge on any atom is -0.489 e. The SMILES string of the molecule is CCNC(=NCC(C)Oc1cccc(C)c1)NCCCS(C)(=O)=O. The zero-order chi connectivity index (χ0) is 18.0. The van der Waals surface area contributed by atoms with Crippen LogP contribution in [0.5, 0.6) is 5.75 Å². The van der Waals surface area contributed by atoms with E-state index in [0.717, 1.165) is 17.9 Å². The minimum atomic E-state index is -2.92. The lowest BCUT2D eigenvalue weighted by molar-refractivity contribution is 0.230. The van der Waals surface area contributed by atoms with Gasteiger partial charge in [-0.3, -0.25) is 0 Å². The fourth-order valence-electron chi connectivity index (χ4n) is 2.06. The number of ether oxygens (including phenoxy) is 1. The molecule has 1 rings (SSSR count). The highest BCUT2D eigenvalue weighted by molar-refractivity contribution is 7.90. The third-order valence-corrected chi connectivity index (χ3v) is 4.19. The third kappa shape index (κ3) is 9.39. The van der Waals surface area contributed by atoms with Crippen molar-refractivity contribution >= 4 is 15.8 Å². The summed E-state index contributed by atoms with van der Waals surface area (Å²) in [5.41, 5.74) is 1.16. The average Bonchev–Trinajstić information content (AvgIpc) is 2.48. The quantitative estimate of drug-likeness (QED) is 0.401. The number of sulfone groups is 1. The Kier molecular flexibility index (Phi) is 8.60. The Morgan fingerprint density at radius 1 is 1.33 bits per heavy atom. The predicted octanol–water partition coefficient (Wildman–Crippen LogP) is 1.75. The van der Waals surface area contributed by atoms with Crippen LogP contribution in [-0.4, -0.2) is 52.1 Å². The van der Waals surface area contributed by atoms with Crippen LogP contribution in [0.3, 0.4) is 0 Å². The van der Waals surface area contributed by atoms with Gasteiger partial charge in [-0.05, 0) is 44.9 Å². The van der Waals surface area contributed by atoms with E-state index in [-0.39, 0.29) is 11.9 Å². The van der Waals surface area contributed by atoms with Gasteiger partial charge in [0.15, 0.2) is 5.96 Å². The Hall–Kier alpha value is -1.76. The molecule has 2 N–H and O–H groups in total. The average molecular weight is 356 g/mol. The summed E-state index contributed by atoms with van der Waals surface area (Å²) >= 11 is 0. The second-order valence-corrected chi connectivity index (χ2v) is 8.13. The van der Waals surface area contributed by atoms with Crippen LogP contribution in [0, 0.1) is 6.92 Å². The van der Waals surface area contributed by atoms with Crippen molar-refractivity contribution in [2.24, 2.45) is 4.99 Å². The highest BCUT2D eigenvalue weighted by Crippen LogP contribution is 2.14. The molecule has 0 aliphatic rings. The normalized spacial score (nSPS) is 13.4. The van der Waals surface area contributed by atoms with Gasteiger partial charge in [-0.15, -0.1) is 0 Å². The molecule has 0 bridgehead atoms. The van der Waals surface area contributed by atoms with E-state index >= 15 is 0 Å². The Morgan fingerprint density at radius 2 is 2.08 bits per heavy atom. The zero-order valence-electron chi connectivity index (χ0n) is 15.0. The molecular formula is C17H29N3O3S. The van der Waals surface area contributed by atoms with Crippen molar-refractivity contribution in [2.45, 2.75) is 33.3 Å². The largest absolute Gasteiger partial charge is 0.489 e. The number of aliphatic imine (C=N–C) groups is 1. The summed E-state index contributed by atoms with van der Waals surface area (Å²) in [6, 6.07) is 7.92. The fraction of sp³-hybridized carbons (Fsp3) is 0.588. The lowest BCUT2D eigenvalue weighted by atomic mass is 10.2. The molecule has 1 aromatic carbocycles. The molecule has 0 amide bonds. The highest BCUT2D eigenvalue weighted by Gasteiger charge is 2.06. The van der Waals surface area contributed by atoms with Gasteiger partial charge in [0.25, 0.3) is 0 Å². The first kappa shape index (κ1) is 20.3. The molecule has 6 nitrogen and oxygen atoms in total. The van der Waals surface area contributed by atoms with E-state index in [1.807, 2.05) is 45.0 Å². The third-order valence-electron chi connectivity index (χ3n) is 3.16. The van der Waals surface area contributed by atoms with Crippen LogP contribution in [-0.2, 0) is 9.84 Å². The second kappa shape index (κ2) is 10.2. The van der Waals surface area contributed by atoms with Crippen LogP contribution in [0.2, 0.25) is 0 Å². The van der Waals surface area contributed by atoms with Gasteiger partial charge in [-0.1, -0.05) is 12.1 Å². The lowest BCUT2D eigenvalue weighted by Crippen LogP contribution is -2.39. The highest BCUT2D eigenvalue weighted by atomic mass is 32.2. The standard InChI is InChI=1S/C17H29N3O3S/c1-5-18-17(19-10-7-11-24(4,21)22)20-13-15(3)23-16-9-6-8-14(2)12-16/h6,8-9,12,15H,5,7,10-11,13H2,1-4H3,(H2,18,19,20). The number of nitrogens with zero attached hydrogens (tertiary/aromatic N) is 1. The van der Waals surface area contributed by atoms with E-state index in [1.54, 1.807) is 0 Å². The van der Waals surface area contributed by atoms with E-state index in [0.29, 0.717) is 25.5 Å². The molecular weight excluding hydrogens is 326 g/mol. The maximum absolute atomic E-state index is 11.1. The van der Waals surface area contributed by atoms with Crippen molar-refractivity contribution in [2.75, 3.05) is 31.6 Å². The number of aryl methyl sites for hydroxylation is 1. The van der Waals surface area contributed by atoms with Gasteiger partial charge < -0.3 is 15.4 Å². The van der Waals surface area contributed by atoms with E-state index in [1.165, 1.54) is 6.26 Å². The molecule has 1 atom stereocenters. The van der Waals surface area contributed by atoms with Gasteiger partial charge in [-0.25, -0.2) is 13.4 Å². The first-order chi connectivity index (χ1) is 11.3. The molecule has 0 aromatic heterocycles. The van der Waals surface area contributed by atoms with E-state index < -0.39 is 9.84 Å². The van der Waals surface area contributed by atoms with Crippen LogP contribution in [0.1, 0.15) is 25.8 Å². The Bertz CT molecular complexity index is 630. The van der Waals surface area contributed by atoms with Crippen LogP contribution in [0.25, 0.3) is 0 Å². The molecule has 0 aliphatic heterocycles. The van der Waals surface area contributed by atoms with Crippen molar-refractivity contribution in [3.63, 3.8) is 0 Å². The molecule has 24 heavy (non-hydrogen) atoms.